The summed E-state index contributed by atoms with van der Waals surface area (Å²) >= 11 is 0. The third kappa shape index (κ3) is 8.51. The molecular weight excluding hydrogens is 878 g/mol. The van der Waals surface area contributed by atoms with Gasteiger partial charge in [-0.25, -0.2) is 4.39 Å². The second-order valence-corrected chi connectivity index (χ2v) is 20.7. The number of amides is 3. The van der Waals surface area contributed by atoms with Crippen LogP contribution in [-0.4, -0.2) is 130 Å². The van der Waals surface area contributed by atoms with Crippen LogP contribution in [0.2, 0.25) is 0 Å². The van der Waals surface area contributed by atoms with Gasteiger partial charge in [-0.1, -0.05) is 25.1 Å². The zero-order valence-corrected chi connectivity index (χ0v) is 39.2. The number of aromatic hydroxyl groups is 1. The minimum atomic E-state index is -0.616. The summed E-state index contributed by atoms with van der Waals surface area (Å²) in [5, 5.41) is 19.1. The largest absolute Gasteiger partial charge is 0.508 e. The van der Waals surface area contributed by atoms with Gasteiger partial charge >= 0.3 is 6.01 Å². The van der Waals surface area contributed by atoms with Crippen molar-refractivity contribution in [1.82, 2.24) is 35.4 Å². The summed E-state index contributed by atoms with van der Waals surface area (Å²) in [7, 11) is 0. The first-order valence-corrected chi connectivity index (χ1v) is 25.2. The van der Waals surface area contributed by atoms with Crippen LogP contribution in [0.4, 0.5) is 15.9 Å². The first-order valence-electron chi connectivity index (χ1n) is 25.2. The highest BCUT2D eigenvalue weighted by Crippen LogP contribution is 2.47. The minimum Gasteiger partial charge on any atom is -0.508 e. The van der Waals surface area contributed by atoms with Crippen molar-refractivity contribution in [2.75, 3.05) is 62.2 Å². The van der Waals surface area contributed by atoms with Crippen LogP contribution in [-0.2, 0) is 27.3 Å². The fourth-order valence-corrected chi connectivity index (χ4v) is 12.2. The third-order valence-electron chi connectivity index (χ3n) is 16.1. The molecule has 1 saturated carbocycles. The number of phenolic OH excluding ortho intramolecular Hbond substituents is 1. The number of likely N-dealkylation sites (tertiary alicyclic amines) is 1. The molecule has 7 aliphatic rings. The molecule has 6 fully saturated rings. The summed E-state index contributed by atoms with van der Waals surface area (Å²) in [6.45, 7) is 9.01. The summed E-state index contributed by atoms with van der Waals surface area (Å²) in [6.07, 6.45) is 11.6. The number of piperidine rings is 3. The lowest BCUT2D eigenvalue weighted by Gasteiger charge is -2.38. The fraction of sp³-hybridized carbons (Fsp3) is 0.509. The molecule has 69 heavy (non-hydrogen) atoms. The lowest BCUT2D eigenvalue weighted by Crippen LogP contribution is -2.52. The molecule has 15 nitrogen and oxygen atoms in total. The molecule has 16 heteroatoms. The second kappa shape index (κ2) is 17.8. The van der Waals surface area contributed by atoms with Gasteiger partial charge in [0.05, 0.1) is 24.2 Å². The Morgan fingerprint density at radius 1 is 0.870 bits per heavy atom. The average molecular weight is 938 g/mol. The van der Waals surface area contributed by atoms with Crippen LogP contribution in [0.25, 0.3) is 32.9 Å². The van der Waals surface area contributed by atoms with E-state index in [1.807, 2.05) is 30.3 Å². The highest BCUT2D eigenvalue weighted by atomic mass is 19.1. The van der Waals surface area contributed by atoms with Gasteiger partial charge in [0.25, 0.3) is 5.91 Å². The topological polar surface area (TPSA) is 166 Å². The summed E-state index contributed by atoms with van der Waals surface area (Å²) in [5.41, 5.74) is 4.54. The Bertz CT molecular complexity index is 2850. The number of nitrogens with zero attached hydrogens (tertiary/aromatic N) is 7. The Morgan fingerprint density at radius 2 is 1.64 bits per heavy atom. The number of carbonyl (C=O) groups excluding carboxylic acids is 3. The van der Waals surface area contributed by atoms with Crippen LogP contribution in [0.5, 0.6) is 11.8 Å². The monoisotopic (exact) mass is 937 g/mol. The Balaban J connectivity index is 0.678. The van der Waals surface area contributed by atoms with Crippen LogP contribution in [0.1, 0.15) is 92.6 Å². The molecule has 3 N–H and O–H groups in total. The number of aromatic nitrogens is 3. The molecule has 3 unspecified atom stereocenters. The average Bonchev–Trinajstić information content (AvgIpc) is 3.93. The van der Waals surface area contributed by atoms with Crippen molar-refractivity contribution < 1.29 is 33.4 Å². The van der Waals surface area contributed by atoms with E-state index in [4.69, 9.17) is 24.4 Å². The molecule has 0 spiro atoms. The van der Waals surface area contributed by atoms with Crippen molar-refractivity contribution in [3.8, 4) is 23.0 Å². The molecule has 5 aromatic rings. The summed E-state index contributed by atoms with van der Waals surface area (Å²) in [5.74, 6) is -0.668. The number of imide groups is 1. The van der Waals surface area contributed by atoms with Crippen LogP contribution >= 0.6 is 0 Å². The molecular formula is C53H60FN9O6. The third-order valence-corrected chi connectivity index (χ3v) is 16.1. The second-order valence-electron chi connectivity index (χ2n) is 20.7. The van der Waals surface area contributed by atoms with Crippen molar-refractivity contribution in [3.05, 3.63) is 77.2 Å². The van der Waals surface area contributed by atoms with E-state index >= 15 is 4.39 Å². The maximum atomic E-state index is 17.2. The van der Waals surface area contributed by atoms with Crippen LogP contribution < -0.4 is 25.2 Å². The summed E-state index contributed by atoms with van der Waals surface area (Å²) in [4.78, 5) is 60.7. The zero-order valence-electron chi connectivity index (χ0n) is 39.2. The van der Waals surface area contributed by atoms with Crippen molar-refractivity contribution in [3.63, 3.8) is 0 Å². The number of pyridine rings is 1. The Hall–Kier alpha value is -5.97. The highest BCUT2D eigenvalue weighted by Gasteiger charge is 2.46. The summed E-state index contributed by atoms with van der Waals surface area (Å²) < 4.78 is 30.5. The van der Waals surface area contributed by atoms with E-state index in [1.54, 1.807) is 23.2 Å². The van der Waals surface area contributed by atoms with E-state index < -0.39 is 17.8 Å². The molecule has 6 aliphatic heterocycles. The fourth-order valence-electron chi connectivity index (χ4n) is 12.2. The zero-order chi connectivity index (χ0) is 47.0. The lowest BCUT2D eigenvalue weighted by molar-refractivity contribution is -0.136. The number of rotatable bonds is 12. The molecule has 3 amide bonds. The normalized spacial score (nSPS) is 24.1. The standard InChI is InChI=1S/C53H60FN9O6/c1-2-31-4-3-5-32-23-37(64)24-41(45(31)32)47-46(54)48-42(25-55-47)49(62-27-34-6-7-35(28-62)56-34)59-52(58-48)68-30-53(16-17-53)29-60-18-12-38(13-19-60)69-39-14-20-61(21-15-39)36-8-9-40-33(22-36)26-63(51(40)67)43-10-11-44(65)57-50(43)66/h3-5,8-9,22-25,34-35,38-39,43,56,64H,2,6-7,10-21,26-30H2,1H3,(H,57,65,66). The molecule has 2 aromatic heterocycles. The maximum absolute atomic E-state index is 17.2. The smallest absolute Gasteiger partial charge is 0.319 e. The first kappa shape index (κ1) is 44.3. The van der Waals surface area contributed by atoms with Crippen molar-refractivity contribution in [2.24, 2.45) is 5.41 Å². The van der Waals surface area contributed by atoms with Crippen molar-refractivity contribution >= 4 is 50.9 Å². The van der Waals surface area contributed by atoms with Gasteiger partial charge in [-0.05, 0) is 116 Å². The first-order chi connectivity index (χ1) is 33.6. The van der Waals surface area contributed by atoms with Gasteiger partial charge in [-0.2, -0.15) is 9.97 Å². The molecule has 1 aliphatic carbocycles. The number of hydrogen-bond acceptors (Lipinski definition) is 13. The van der Waals surface area contributed by atoms with Crippen LogP contribution in [0.15, 0.2) is 54.7 Å². The van der Waals surface area contributed by atoms with Crippen LogP contribution in [0, 0.1) is 11.2 Å². The number of anilines is 2. The molecule has 5 saturated heterocycles. The predicted molar refractivity (Wildman–Crippen MR) is 259 cm³/mol. The Labute approximate surface area is 400 Å². The van der Waals surface area contributed by atoms with Gasteiger partial charge in [-0.3, -0.25) is 24.7 Å². The Kier molecular flexibility index (Phi) is 11.4. The molecule has 8 heterocycles. The number of nitrogens with one attached hydrogen (secondary N) is 2. The molecule has 0 radical (unpaired) electrons. The van der Waals surface area contributed by atoms with E-state index in [1.165, 1.54) is 0 Å². The van der Waals surface area contributed by atoms with E-state index in [0.717, 1.165) is 131 Å². The van der Waals surface area contributed by atoms with E-state index in [9.17, 15) is 19.5 Å². The van der Waals surface area contributed by atoms with Crippen molar-refractivity contribution in [1.29, 1.82) is 0 Å². The minimum absolute atomic E-state index is 0.0137. The number of hydrogen-bond donors (Lipinski definition) is 3. The number of fused-ring (bicyclic) bond motifs is 5. The predicted octanol–water partition coefficient (Wildman–Crippen LogP) is 6.26. The Morgan fingerprint density at radius 3 is 2.38 bits per heavy atom. The molecule has 2 bridgehead atoms. The van der Waals surface area contributed by atoms with E-state index in [0.29, 0.717) is 54.0 Å². The molecule has 360 valence electrons. The molecule has 3 aromatic carbocycles. The van der Waals surface area contributed by atoms with Crippen molar-refractivity contribution in [2.45, 2.75) is 114 Å². The SMILES string of the molecule is CCc1cccc2cc(O)cc(-c3ncc4c(N5CC6CCC(C5)N6)nc(OCC5(CN6CCC(OC7CCN(c8ccc9c(c8)CN(C8CCC(=O)NC8=O)C9=O)CC7)CC6)CC5)nc4c3F)c12. The van der Waals surface area contributed by atoms with Gasteiger partial charge in [-0.15, -0.1) is 0 Å². The van der Waals surface area contributed by atoms with Gasteiger partial charge in [0.15, 0.2) is 5.82 Å². The van der Waals surface area contributed by atoms with E-state index in [-0.39, 0.29) is 58.8 Å². The number of phenols is 1. The number of benzene rings is 3. The number of carbonyl (C=O) groups is 3. The van der Waals surface area contributed by atoms with Gasteiger partial charge < -0.3 is 39.5 Å². The highest BCUT2D eigenvalue weighted by molar-refractivity contribution is 6.06. The summed E-state index contributed by atoms with van der Waals surface area (Å²) in [6, 6.07) is 15.5. The number of halogens is 1. The maximum Gasteiger partial charge on any atom is 0.319 e. The molecule has 3 atom stereocenters. The van der Waals surface area contributed by atoms with E-state index in [2.05, 4.69) is 38.3 Å². The molecule has 12 rings (SSSR count). The van der Waals surface area contributed by atoms with Crippen LogP contribution in [0.3, 0.4) is 0 Å². The van der Waals surface area contributed by atoms with Gasteiger partial charge in [0.1, 0.15) is 28.8 Å². The lowest BCUT2D eigenvalue weighted by atomic mass is 9.95. The number of aryl methyl sites for hydroxylation is 1. The quantitative estimate of drug-likeness (QED) is 0.120. The number of piperazine rings is 1. The number of ether oxygens (including phenoxy) is 2. The van der Waals surface area contributed by atoms with Gasteiger partial charge in [0, 0.05) is 99.3 Å². The van der Waals surface area contributed by atoms with Gasteiger partial charge in [0.2, 0.25) is 11.8 Å².